The van der Waals surface area contributed by atoms with Crippen molar-refractivity contribution in [3.05, 3.63) is 145 Å². The van der Waals surface area contributed by atoms with E-state index in [0.29, 0.717) is 5.56 Å². The van der Waals surface area contributed by atoms with Gasteiger partial charge in [-0.25, -0.2) is 0 Å². The molecule has 0 saturated heterocycles. The Morgan fingerprint density at radius 3 is 2.16 bits per heavy atom. The SMILES string of the molecule is CC(C)(C)c1ccc2sc3c(c2c1)N(c1ccc2c(c1)sc1ccccc12)c1cc(C#N)cc2c1B3c1cccc3c1N2c1cccc2c4ccccc4n-3c12. The number of hydrogen-bond donors (Lipinski definition) is 0. The Morgan fingerprint density at radius 2 is 1.30 bits per heavy atom. The van der Waals surface area contributed by atoms with Gasteiger partial charge in [0.1, 0.15) is 0 Å². The van der Waals surface area contributed by atoms with Crippen LogP contribution in [0.15, 0.2) is 133 Å². The van der Waals surface area contributed by atoms with Crippen LogP contribution in [-0.2, 0) is 5.41 Å². The van der Waals surface area contributed by atoms with Gasteiger partial charge in [-0.2, -0.15) is 5.26 Å². The summed E-state index contributed by atoms with van der Waals surface area (Å²) < 4.78 is 7.66. The average molecular weight is 751 g/mol. The van der Waals surface area contributed by atoms with Gasteiger partial charge >= 0.3 is 0 Å². The predicted octanol–water partition coefficient (Wildman–Crippen LogP) is 11.9. The molecule has 3 aliphatic rings. The largest absolute Gasteiger partial charge is 0.310 e. The summed E-state index contributed by atoms with van der Waals surface area (Å²) >= 11 is 3.77. The Morgan fingerprint density at radius 1 is 0.571 bits per heavy atom. The summed E-state index contributed by atoms with van der Waals surface area (Å²) in [5.41, 5.74) is 14.9. The second-order valence-electron chi connectivity index (χ2n) is 16.4. The molecule has 0 amide bonds. The van der Waals surface area contributed by atoms with E-state index in [1.807, 2.05) is 22.7 Å². The van der Waals surface area contributed by atoms with E-state index >= 15 is 0 Å². The van der Waals surface area contributed by atoms with E-state index in [2.05, 4.69) is 175 Å². The van der Waals surface area contributed by atoms with Gasteiger partial charge in [-0.3, -0.25) is 0 Å². The van der Waals surface area contributed by atoms with Crippen LogP contribution in [0, 0.1) is 11.3 Å². The van der Waals surface area contributed by atoms with E-state index in [4.69, 9.17) is 0 Å². The maximum atomic E-state index is 10.8. The van der Waals surface area contributed by atoms with Gasteiger partial charge in [-0.15, -0.1) is 22.7 Å². The molecule has 6 heterocycles. The molecule has 0 N–H and O–H groups in total. The average Bonchev–Trinajstić information content (AvgIpc) is 3.89. The van der Waals surface area contributed by atoms with Crippen molar-refractivity contribution in [2.45, 2.75) is 26.2 Å². The smallest absolute Gasteiger partial charge is 0.264 e. The molecule has 0 radical (unpaired) electrons. The van der Waals surface area contributed by atoms with Crippen LogP contribution in [-0.4, -0.2) is 11.3 Å². The van der Waals surface area contributed by atoms with E-state index < -0.39 is 0 Å². The topological polar surface area (TPSA) is 35.2 Å². The first kappa shape index (κ1) is 30.9. The molecule has 0 saturated carbocycles. The molecule has 0 spiro atoms. The highest BCUT2D eigenvalue weighted by atomic mass is 32.1. The molecule has 0 unspecified atom stereocenters. The van der Waals surface area contributed by atoms with E-state index in [1.165, 1.54) is 90.4 Å². The van der Waals surface area contributed by atoms with Crippen LogP contribution in [0.1, 0.15) is 31.9 Å². The van der Waals surface area contributed by atoms with E-state index in [9.17, 15) is 5.26 Å². The van der Waals surface area contributed by atoms with Crippen LogP contribution >= 0.6 is 22.7 Å². The van der Waals surface area contributed by atoms with Gasteiger partial charge in [0.2, 0.25) is 0 Å². The van der Waals surface area contributed by atoms with Crippen molar-refractivity contribution in [2.75, 3.05) is 9.80 Å². The maximum Gasteiger partial charge on any atom is 0.264 e. The molecular formula is C49H31BN4S2. The summed E-state index contributed by atoms with van der Waals surface area (Å²) in [7, 11) is 0. The highest BCUT2D eigenvalue weighted by molar-refractivity contribution is 7.33. The number of benzene rings is 7. The van der Waals surface area contributed by atoms with Crippen molar-refractivity contribution in [3.8, 4) is 11.8 Å². The fourth-order valence-corrected chi connectivity index (χ4v) is 12.5. The molecule has 13 rings (SSSR count). The zero-order chi connectivity index (χ0) is 37.2. The predicted molar refractivity (Wildman–Crippen MR) is 240 cm³/mol. The van der Waals surface area contributed by atoms with E-state index in [-0.39, 0.29) is 12.1 Å². The Labute approximate surface area is 331 Å². The zero-order valence-corrected chi connectivity index (χ0v) is 32.5. The zero-order valence-electron chi connectivity index (χ0n) is 30.9. The van der Waals surface area contributed by atoms with Crippen molar-refractivity contribution in [3.63, 3.8) is 0 Å². The lowest BCUT2D eigenvalue weighted by Gasteiger charge is -2.45. The third kappa shape index (κ3) is 3.78. The van der Waals surface area contributed by atoms with Gasteiger partial charge in [0, 0.05) is 62.9 Å². The third-order valence-corrected chi connectivity index (χ3v) is 14.8. The van der Waals surface area contributed by atoms with Crippen LogP contribution in [0.4, 0.5) is 34.1 Å². The number of nitriles is 1. The first-order valence-corrected chi connectivity index (χ1v) is 20.8. The Balaban J connectivity index is 1.18. The minimum atomic E-state index is -0.0173. The summed E-state index contributed by atoms with van der Waals surface area (Å²) in [6, 6.07) is 52.1. The van der Waals surface area contributed by atoms with Crippen LogP contribution < -0.4 is 25.5 Å². The van der Waals surface area contributed by atoms with Crippen LogP contribution in [0.2, 0.25) is 0 Å². The van der Waals surface area contributed by atoms with Crippen LogP contribution in [0.5, 0.6) is 0 Å². The number of aromatic nitrogens is 1. The van der Waals surface area contributed by atoms with Gasteiger partial charge < -0.3 is 14.4 Å². The summed E-state index contributed by atoms with van der Waals surface area (Å²) in [5, 5.41) is 17.1. The Hall–Kier alpha value is -6.33. The minimum Gasteiger partial charge on any atom is -0.310 e. The van der Waals surface area contributed by atoms with Crippen LogP contribution in [0.25, 0.3) is 57.8 Å². The molecule has 0 fully saturated rings. The van der Waals surface area contributed by atoms with Crippen molar-refractivity contribution in [2.24, 2.45) is 0 Å². The normalized spacial score (nSPS) is 13.9. The molecule has 7 aromatic carbocycles. The third-order valence-electron chi connectivity index (χ3n) is 12.4. The lowest BCUT2D eigenvalue weighted by atomic mass is 9.36. The second kappa shape index (κ2) is 10.5. The van der Waals surface area contributed by atoms with Gasteiger partial charge in [-0.1, -0.05) is 93.6 Å². The number of anilines is 6. The first-order valence-electron chi connectivity index (χ1n) is 19.2. The molecule has 0 atom stereocenters. The van der Waals surface area contributed by atoms with Crippen molar-refractivity contribution in [1.29, 1.82) is 5.26 Å². The molecule has 10 aromatic rings. The molecule has 56 heavy (non-hydrogen) atoms. The standard InChI is InChI=1S/C49H31BN4S2/c1-49(2,3)28-18-21-42-34(24-28)46-48(56-42)50-35-13-9-16-38-47(35)54(37-15-8-12-33-30-10-4-6-14-36(30)53(38)45(33)37)40-23-27(26-51)22-39(44(40)50)52(46)29-19-20-32-31-11-5-7-17-41(31)55-43(32)25-29/h4-25H,1-3H3. The molecule has 262 valence electrons. The van der Waals surface area contributed by atoms with Gasteiger partial charge in [-0.05, 0) is 82.6 Å². The molecule has 7 heteroatoms. The lowest BCUT2D eigenvalue weighted by Crippen LogP contribution is -2.61. The van der Waals surface area contributed by atoms with E-state index in [1.54, 1.807) is 0 Å². The highest BCUT2D eigenvalue weighted by Gasteiger charge is 2.47. The maximum absolute atomic E-state index is 10.8. The highest BCUT2D eigenvalue weighted by Crippen LogP contribution is 2.54. The number of fused-ring (bicyclic) bond motifs is 14. The molecule has 4 nitrogen and oxygen atoms in total. The van der Waals surface area contributed by atoms with Gasteiger partial charge in [0.15, 0.2) is 0 Å². The summed E-state index contributed by atoms with van der Waals surface area (Å²) in [6.45, 7) is 6.88. The molecular weight excluding hydrogens is 720 g/mol. The molecule has 3 aliphatic heterocycles. The molecule has 0 aliphatic carbocycles. The second-order valence-corrected chi connectivity index (χ2v) is 18.6. The first-order chi connectivity index (χ1) is 27.4. The van der Waals surface area contributed by atoms with Crippen molar-refractivity contribution >= 4 is 131 Å². The van der Waals surface area contributed by atoms with Gasteiger partial charge in [0.05, 0.1) is 45.4 Å². The molecule has 3 aromatic heterocycles. The fraction of sp³-hybridized carbons (Fsp3) is 0.0816. The number of hydrogen-bond acceptors (Lipinski definition) is 5. The Kier molecular flexibility index (Phi) is 5.80. The summed E-state index contributed by atoms with van der Waals surface area (Å²) in [5.74, 6) is 0. The number of para-hydroxylation sites is 3. The van der Waals surface area contributed by atoms with Crippen LogP contribution in [0.3, 0.4) is 0 Å². The van der Waals surface area contributed by atoms with Gasteiger partial charge in [0.25, 0.3) is 6.71 Å². The van der Waals surface area contributed by atoms with Crippen molar-refractivity contribution in [1.82, 2.24) is 4.57 Å². The van der Waals surface area contributed by atoms with Crippen molar-refractivity contribution < 1.29 is 0 Å². The summed E-state index contributed by atoms with van der Waals surface area (Å²) in [6.07, 6.45) is 0. The molecule has 0 bridgehead atoms. The summed E-state index contributed by atoms with van der Waals surface area (Å²) in [4.78, 5) is 4.97. The minimum absolute atomic E-state index is 0.0142. The number of nitrogens with zero attached hydrogens (tertiary/aromatic N) is 4. The van der Waals surface area contributed by atoms with E-state index in [0.717, 1.165) is 22.7 Å². The number of rotatable bonds is 1. The monoisotopic (exact) mass is 750 g/mol. The fourth-order valence-electron chi connectivity index (χ4n) is 10.0. The number of thiophene rings is 2. The lowest BCUT2D eigenvalue weighted by molar-refractivity contribution is 0.591. The Bertz CT molecular complexity index is 3460. The quantitative estimate of drug-likeness (QED) is 0.157.